The number of unbranched alkanes of at least 4 members (excludes halogenated alkanes) is 10. The van der Waals surface area contributed by atoms with Crippen LogP contribution in [-0.2, 0) is 0 Å². The van der Waals surface area contributed by atoms with Gasteiger partial charge in [0.2, 0.25) is 0 Å². The number of hydrogen-bond donors (Lipinski definition) is 1. The second kappa shape index (κ2) is 15.8. The molecule has 0 saturated carbocycles. The van der Waals surface area contributed by atoms with Gasteiger partial charge >= 0.3 is 0 Å². The van der Waals surface area contributed by atoms with E-state index in [-0.39, 0.29) is 6.10 Å². The fourth-order valence-electron chi connectivity index (χ4n) is 2.46. The molecule has 0 aromatic rings. The Balaban J connectivity index is 3.06. The van der Waals surface area contributed by atoms with Gasteiger partial charge in [0.25, 0.3) is 0 Å². The zero-order valence-electron chi connectivity index (χ0n) is 13.4. The van der Waals surface area contributed by atoms with Crippen LogP contribution in [0.2, 0.25) is 0 Å². The van der Waals surface area contributed by atoms with E-state index in [4.69, 9.17) is 0 Å². The number of allylic oxidation sites excluding steroid dienone is 1. The fraction of sp³-hybridized carbons (Fsp3) is 0.889. The zero-order valence-corrected chi connectivity index (χ0v) is 13.4. The molecule has 0 aromatic carbocycles. The van der Waals surface area contributed by atoms with Crippen LogP contribution in [0.15, 0.2) is 12.2 Å². The maximum atomic E-state index is 9.67. The molecular weight excluding hydrogens is 232 g/mol. The number of aliphatic hydroxyl groups excluding tert-OH is 1. The van der Waals surface area contributed by atoms with Crippen molar-refractivity contribution in [1.82, 2.24) is 0 Å². The molecule has 0 spiro atoms. The van der Waals surface area contributed by atoms with E-state index in [1.54, 1.807) is 0 Å². The summed E-state index contributed by atoms with van der Waals surface area (Å²) in [5.41, 5.74) is 0. The van der Waals surface area contributed by atoms with Crippen molar-refractivity contribution in [1.29, 1.82) is 0 Å². The van der Waals surface area contributed by atoms with E-state index in [0.29, 0.717) is 0 Å². The molecule has 0 fully saturated rings. The number of hydrogen-bond acceptors (Lipinski definition) is 1. The molecule has 0 aliphatic carbocycles. The second-order valence-corrected chi connectivity index (χ2v) is 5.78. The second-order valence-electron chi connectivity index (χ2n) is 5.78. The average Bonchev–Trinajstić information content (AvgIpc) is 2.42. The quantitative estimate of drug-likeness (QED) is 0.302. The van der Waals surface area contributed by atoms with Crippen molar-refractivity contribution in [2.75, 3.05) is 0 Å². The molecule has 0 heterocycles. The van der Waals surface area contributed by atoms with Crippen molar-refractivity contribution in [3.8, 4) is 0 Å². The van der Waals surface area contributed by atoms with Crippen LogP contribution in [0.25, 0.3) is 0 Å². The van der Waals surface area contributed by atoms with Crippen molar-refractivity contribution >= 4 is 0 Å². The molecule has 19 heavy (non-hydrogen) atoms. The Hall–Kier alpha value is -0.300. The molecule has 0 aromatic heterocycles. The average molecular weight is 268 g/mol. The third kappa shape index (κ3) is 15.6. The highest BCUT2D eigenvalue weighted by molar-refractivity contribution is 4.79. The van der Waals surface area contributed by atoms with Crippen LogP contribution < -0.4 is 0 Å². The van der Waals surface area contributed by atoms with Gasteiger partial charge in [0, 0.05) is 0 Å². The van der Waals surface area contributed by atoms with Crippen LogP contribution in [0.3, 0.4) is 0 Å². The van der Waals surface area contributed by atoms with Crippen molar-refractivity contribution in [3.05, 3.63) is 12.2 Å². The SMILES string of the molecule is C/C=C/C[C@H](O)CCCCCCCCCCCCC. The minimum Gasteiger partial charge on any atom is -0.393 e. The minimum atomic E-state index is -0.116. The third-order valence-corrected chi connectivity index (χ3v) is 3.78. The van der Waals surface area contributed by atoms with Gasteiger partial charge in [-0.3, -0.25) is 0 Å². The van der Waals surface area contributed by atoms with E-state index in [9.17, 15) is 5.11 Å². The zero-order chi connectivity index (χ0) is 14.2. The van der Waals surface area contributed by atoms with E-state index in [2.05, 4.69) is 13.0 Å². The molecule has 0 saturated heterocycles. The molecule has 0 aliphatic rings. The van der Waals surface area contributed by atoms with E-state index in [1.165, 1.54) is 70.6 Å². The first-order chi connectivity index (χ1) is 9.31. The Morgan fingerprint density at radius 1 is 0.789 bits per heavy atom. The summed E-state index contributed by atoms with van der Waals surface area (Å²) < 4.78 is 0. The Kier molecular flexibility index (Phi) is 15.5. The highest BCUT2D eigenvalue weighted by atomic mass is 16.3. The molecule has 0 rings (SSSR count). The summed E-state index contributed by atoms with van der Waals surface area (Å²) in [6, 6.07) is 0. The number of rotatable bonds is 14. The fourth-order valence-corrected chi connectivity index (χ4v) is 2.46. The van der Waals surface area contributed by atoms with Gasteiger partial charge in [-0.05, 0) is 19.8 Å². The van der Waals surface area contributed by atoms with Gasteiger partial charge in [0.15, 0.2) is 0 Å². The normalized spacial score (nSPS) is 13.2. The number of aliphatic hydroxyl groups is 1. The summed E-state index contributed by atoms with van der Waals surface area (Å²) >= 11 is 0. The molecule has 114 valence electrons. The van der Waals surface area contributed by atoms with Crippen molar-refractivity contribution in [3.63, 3.8) is 0 Å². The van der Waals surface area contributed by atoms with Crippen LogP contribution in [0, 0.1) is 0 Å². The van der Waals surface area contributed by atoms with Gasteiger partial charge in [0.05, 0.1) is 6.10 Å². The van der Waals surface area contributed by atoms with E-state index in [0.717, 1.165) is 12.8 Å². The molecule has 0 bridgehead atoms. The Bertz CT molecular complexity index is 186. The summed E-state index contributed by atoms with van der Waals surface area (Å²) in [5, 5.41) is 9.67. The van der Waals surface area contributed by atoms with E-state index >= 15 is 0 Å². The van der Waals surface area contributed by atoms with Crippen molar-refractivity contribution in [2.24, 2.45) is 0 Å². The smallest absolute Gasteiger partial charge is 0.0574 e. The molecule has 1 atom stereocenters. The first-order valence-corrected chi connectivity index (χ1v) is 8.60. The topological polar surface area (TPSA) is 20.2 Å². The molecular formula is C18H36O. The Morgan fingerprint density at radius 2 is 1.26 bits per heavy atom. The summed E-state index contributed by atoms with van der Waals surface area (Å²) in [6.45, 7) is 4.28. The first kappa shape index (κ1) is 18.7. The van der Waals surface area contributed by atoms with Gasteiger partial charge in [-0.1, -0.05) is 89.7 Å². The highest BCUT2D eigenvalue weighted by Crippen LogP contribution is 2.13. The minimum absolute atomic E-state index is 0.116. The lowest BCUT2D eigenvalue weighted by Gasteiger charge is -2.07. The van der Waals surface area contributed by atoms with Gasteiger partial charge in [0.1, 0.15) is 0 Å². The van der Waals surface area contributed by atoms with Gasteiger partial charge in [-0.25, -0.2) is 0 Å². The molecule has 1 N–H and O–H groups in total. The standard InChI is InChI=1S/C18H36O/c1-3-5-7-8-9-10-11-12-13-14-15-17-18(19)16-6-4-2/h4,6,18-19H,3,5,7-17H2,1-2H3/b6-4+/t18-/m0/s1. The molecule has 1 nitrogen and oxygen atoms in total. The van der Waals surface area contributed by atoms with Crippen LogP contribution in [0.1, 0.15) is 97.3 Å². The molecule has 0 radical (unpaired) electrons. The largest absolute Gasteiger partial charge is 0.393 e. The van der Waals surface area contributed by atoms with Crippen molar-refractivity contribution < 1.29 is 5.11 Å². The summed E-state index contributed by atoms with van der Waals surface area (Å²) in [7, 11) is 0. The lowest BCUT2D eigenvalue weighted by molar-refractivity contribution is 0.163. The predicted octanol–water partition coefficient (Wildman–Crippen LogP) is 6.01. The van der Waals surface area contributed by atoms with Gasteiger partial charge in [-0.15, -0.1) is 0 Å². The Labute approximate surface area is 121 Å². The summed E-state index contributed by atoms with van der Waals surface area (Å²) in [6.07, 6.45) is 20.9. The summed E-state index contributed by atoms with van der Waals surface area (Å²) in [4.78, 5) is 0. The highest BCUT2D eigenvalue weighted by Gasteiger charge is 2.00. The molecule has 0 unspecified atom stereocenters. The molecule has 0 amide bonds. The van der Waals surface area contributed by atoms with Crippen LogP contribution >= 0.6 is 0 Å². The van der Waals surface area contributed by atoms with Gasteiger partial charge < -0.3 is 5.11 Å². The first-order valence-electron chi connectivity index (χ1n) is 8.60. The Morgan fingerprint density at radius 3 is 1.74 bits per heavy atom. The molecule has 1 heteroatoms. The lowest BCUT2D eigenvalue weighted by atomic mass is 10.0. The van der Waals surface area contributed by atoms with E-state index < -0.39 is 0 Å². The van der Waals surface area contributed by atoms with Crippen LogP contribution in [0.5, 0.6) is 0 Å². The molecule has 0 aliphatic heterocycles. The monoisotopic (exact) mass is 268 g/mol. The lowest BCUT2D eigenvalue weighted by Crippen LogP contribution is -2.04. The van der Waals surface area contributed by atoms with Gasteiger partial charge in [-0.2, -0.15) is 0 Å². The van der Waals surface area contributed by atoms with Crippen molar-refractivity contribution in [2.45, 2.75) is 103 Å². The van der Waals surface area contributed by atoms with Crippen LogP contribution in [-0.4, -0.2) is 11.2 Å². The summed E-state index contributed by atoms with van der Waals surface area (Å²) in [5.74, 6) is 0. The van der Waals surface area contributed by atoms with E-state index in [1.807, 2.05) is 13.0 Å². The van der Waals surface area contributed by atoms with Crippen LogP contribution in [0.4, 0.5) is 0 Å². The maximum Gasteiger partial charge on any atom is 0.0574 e. The maximum absolute atomic E-state index is 9.67. The third-order valence-electron chi connectivity index (χ3n) is 3.78. The predicted molar refractivity (Wildman–Crippen MR) is 86.5 cm³/mol.